The van der Waals surface area contributed by atoms with E-state index in [1.807, 2.05) is 61.8 Å². The number of carbonyl (C=O) groups excluding carboxylic acids is 3. The number of nitrogens with one attached hydrogen (secondary N) is 2. The normalized spacial score (nSPS) is 21.3. The highest BCUT2D eigenvalue weighted by Gasteiger charge is 2.37. The highest BCUT2D eigenvalue weighted by molar-refractivity contribution is 5.94. The van der Waals surface area contributed by atoms with Gasteiger partial charge in [0.05, 0.1) is 0 Å². The molecule has 3 unspecified atom stereocenters. The van der Waals surface area contributed by atoms with Crippen LogP contribution in [0.3, 0.4) is 0 Å². The lowest BCUT2D eigenvalue weighted by Crippen LogP contribution is -2.61. The van der Waals surface area contributed by atoms with Crippen LogP contribution >= 0.6 is 0 Å². The van der Waals surface area contributed by atoms with Gasteiger partial charge in [0.15, 0.2) is 0 Å². The molecule has 7 nitrogen and oxygen atoms in total. The zero-order valence-electron chi connectivity index (χ0n) is 20.6. The maximum absolute atomic E-state index is 13.5. The van der Waals surface area contributed by atoms with Gasteiger partial charge in [-0.05, 0) is 44.2 Å². The molecule has 3 rings (SSSR count). The van der Waals surface area contributed by atoms with Crippen LogP contribution in [0.4, 0.5) is 10.5 Å². The standard InChI is InChI=1S/C26H40N4O3/c1-5-18(2)23(28-26(33)27-22-14-10-9-11-19(22)3)25(32)29-15-16-30(20(4)17-29)24(31)21-12-7-6-8-13-21/h9-11,14,18,20-21,23H,5-8,12-13,15-17H2,1-4H3,(H2,27,28,33). The lowest BCUT2D eigenvalue weighted by molar-refractivity contribution is -0.147. The molecule has 0 radical (unpaired) electrons. The number of aryl methyl sites for hydroxylation is 1. The average Bonchev–Trinajstić information content (AvgIpc) is 2.83. The van der Waals surface area contributed by atoms with E-state index < -0.39 is 6.04 Å². The molecule has 33 heavy (non-hydrogen) atoms. The molecule has 0 aromatic heterocycles. The van der Waals surface area contributed by atoms with E-state index in [0.29, 0.717) is 19.6 Å². The van der Waals surface area contributed by atoms with Crippen molar-refractivity contribution < 1.29 is 14.4 Å². The van der Waals surface area contributed by atoms with Crippen LogP contribution in [-0.2, 0) is 9.59 Å². The van der Waals surface area contributed by atoms with Gasteiger partial charge in [-0.15, -0.1) is 0 Å². The summed E-state index contributed by atoms with van der Waals surface area (Å²) in [4.78, 5) is 43.0. The number of piperazine rings is 1. The first-order chi connectivity index (χ1) is 15.8. The van der Waals surface area contributed by atoms with Crippen molar-refractivity contribution in [1.29, 1.82) is 0 Å². The number of rotatable bonds is 6. The molecule has 2 N–H and O–H groups in total. The first-order valence-electron chi connectivity index (χ1n) is 12.5. The van der Waals surface area contributed by atoms with E-state index >= 15 is 0 Å². The molecule has 182 valence electrons. The molecule has 4 amide bonds. The Balaban J connectivity index is 1.62. The Morgan fingerprint density at radius 2 is 1.79 bits per heavy atom. The van der Waals surface area contributed by atoms with Gasteiger partial charge in [0.2, 0.25) is 11.8 Å². The topological polar surface area (TPSA) is 81.8 Å². The van der Waals surface area contributed by atoms with Crippen molar-refractivity contribution in [2.45, 2.75) is 78.3 Å². The van der Waals surface area contributed by atoms with Crippen molar-refractivity contribution in [2.75, 3.05) is 25.0 Å². The fourth-order valence-corrected chi connectivity index (χ4v) is 4.96. The minimum atomic E-state index is -0.605. The highest BCUT2D eigenvalue weighted by atomic mass is 16.2. The van der Waals surface area contributed by atoms with E-state index in [1.165, 1.54) is 6.42 Å². The van der Waals surface area contributed by atoms with E-state index in [0.717, 1.165) is 43.4 Å². The minimum absolute atomic E-state index is 0.00248. The quantitative estimate of drug-likeness (QED) is 0.674. The van der Waals surface area contributed by atoms with Gasteiger partial charge in [-0.3, -0.25) is 9.59 Å². The van der Waals surface area contributed by atoms with Crippen LogP contribution in [0.15, 0.2) is 24.3 Å². The van der Waals surface area contributed by atoms with Crippen LogP contribution < -0.4 is 10.6 Å². The second-order valence-electron chi connectivity index (χ2n) is 9.78. The van der Waals surface area contributed by atoms with Crippen molar-refractivity contribution in [1.82, 2.24) is 15.1 Å². The van der Waals surface area contributed by atoms with Crippen molar-refractivity contribution in [3.8, 4) is 0 Å². The number of anilines is 1. The van der Waals surface area contributed by atoms with Crippen molar-refractivity contribution in [2.24, 2.45) is 11.8 Å². The number of benzene rings is 1. The minimum Gasteiger partial charge on any atom is -0.337 e. The van der Waals surface area contributed by atoms with E-state index in [4.69, 9.17) is 0 Å². The maximum Gasteiger partial charge on any atom is 0.319 e. The molecule has 1 aliphatic heterocycles. The highest BCUT2D eigenvalue weighted by Crippen LogP contribution is 2.27. The summed E-state index contributed by atoms with van der Waals surface area (Å²) >= 11 is 0. The monoisotopic (exact) mass is 456 g/mol. The number of nitrogens with zero attached hydrogens (tertiary/aromatic N) is 2. The SMILES string of the molecule is CCC(C)C(NC(=O)Nc1ccccc1C)C(=O)N1CCN(C(=O)C2CCCCC2)C(C)C1. The number of para-hydroxylation sites is 1. The fraction of sp³-hybridized carbons (Fsp3) is 0.654. The van der Waals surface area contributed by atoms with Gasteiger partial charge in [-0.1, -0.05) is 57.7 Å². The molecule has 0 bridgehead atoms. The van der Waals surface area contributed by atoms with E-state index in [-0.39, 0.29) is 35.7 Å². The first-order valence-corrected chi connectivity index (χ1v) is 12.5. The van der Waals surface area contributed by atoms with Crippen molar-refractivity contribution >= 4 is 23.5 Å². The zero-order chi connectivity index (χ0) is 24.0. The zero-order valence-corrected chi connectivity index (χ0v) is 20.6. The molecular formula is C26H40N4O3. The summed E-state index contributed by atoms with van der Waals surface area (Å²) in [5, 5.41) is 5.79. The molecule has 1 aromatic carbocycles. The third-order valence-electron chi connectivity index (χ3n) is 7.34. The maximum atomic E-state index is 13.5. The van der Waals surface area contributed by atoms with E-state index in [9.17, 15) is 14.4 Å². The van der Waals surface area contributed by atoms with Gasteiger partial charge in [0, 0.05) is 37.3 Å². The molecule has 1 heterocycles. The molecular weight excluding hydrogens is 416 g/mol. The molecule has 7 heteroatoms. The molecule has 0 spiro atoms. The Morgan fingerprint density at radius 1 is 1.09 bits per heavy atom. The summed E-state index contributed by atoms with van der Waals surface area (Å²) in [5.74, 6) is 0.324. The van der Waals surface area contributed by atoms with Gasteiger partial charge in [-0.2, -0.15) is 0 Å². The van der Waals surface area contributed by atoms with Crippen LogP contribution in [0.25, 0.3) is 0 Å². The van der Waals surface area contributed by atoms with Crippen LogP contribution in [-0.4, -0.2) is 59.4 Å². The third kappa shape index (κ3) is 6.27. The second kappa shape index (κ2) is 11.5. The van der Waals surface area contributed by atoms with Crippen LogP contribution in [0.2, 0.25) is 0 Å². The Labute approximate surface area is 198 Å². The number of carbonyl (C=O) groups is 3. The Hall–Kier alpha value is -2.57. The average molecular weight is 457 g/mol. The van der Waals surface area contributed by atoms with Crippen LogP contribution in [0, 0.1) is 18.8 Å². The fourth-order valence-electron chi connectivity index (χ4n) is 4.96. The third-order valence-corrected chi connectivity index (χ3v) is 7.34. The Bertz CT molecular complexity index is 837. The Morgan fingerprint density at radius 3 is 2.42 bits per heavy atom. The predicted octanol–water partition coefficient (Wildman–Crippen LogP) is 4.17. The summed E-state index contributed by atoms with van der Waals surface area (Å²) in [6.07, 6.45) is 6.24. The molecule has 1 aliphatic carbocycles. The second-order valence-corrected chi connectivity index (χ2v) is 9.78. The number of amides is 4. The largest absolute Gasteiger partial charge is 0.337 e. The summed E-state index contributed by atoms with van der Waals surface area (Å²) in [6, 6.07) is 6.57. The lowest BCUT2D eigenvalue weighted by atomic mass is 9.87. The van der Waals surface area contributed by atoms with Crippen molar-refractivity contribution in [3.05, 3.63) is 29.8 Å². The first kappa shape index (κ1) is 25.1. The molecule has 3 atom stereocenters. The molecule has 1 saturated heterocycles. The van der Waals surface area contributed by atoms with Gasteiger partial charge < -0.3 is 20.4 Å². The molecule has 2 aliphatic rings. The summed E-state index contributed by atoms with van der Waals surface area (Å²) < 4.78 is 0. The smallest absolute Gasteiger partial charge is 0.319 e. The number of urea groups is 1. The molecule has 2 fully saturated rings. The lowest BCUT2D eigenvalue weighted by Gasteiger charge is -2.43. The Kier molecular flexibility index (Phi) is 8.75. The van der Waals surface area contributed by atoms with Gasteiger partial charge in [0.1, 0.15) is 6.04 Å². The van der Waals surface area contributed by atoms with Gasteiger partial charge in [0.25, 0.3) is 0 Å². The molecule has 1 saturated carbocycles. The van der Waals surface area contributed by atoms with Gasteiger partial charge >= 0.3 is 6.03 Å². The van der Waals surface area contributed by atoms with E-state index in [1.54, 1.807) is 0 Å². The summed E-state index contributed by atoms with van der Waals surface area (Å²) in [5.41, 5.74) is 1.69. The van der Waals surface area contributed by atoms with Crippen LogP contribution in [0.1, 0.15) is 64.9 Å². The number of hydrogen-bond donors (Lipinski definition) is 2. The van der Waals surface area contributed by atoms with Crippen molar-refractivity contribution in [3.63, 3.8) is 0 Å². The number of hydrogen-bond acceptors (Lipinski definition) is 3. The summed E-state index contributed by atoms with van der Waals surface area (Å²) in [7, 11) is 0. The predicted molar refractivity (Wildman–Crippen MR) is 131 cm³/mol. The molecule has 1 aromatic rings. The van der Waals surface area contributed by atoms with E-state index in [2.05, 4.69) is 10.6 Å². The summed E-state index contributed by atoms with van der Waals surface area (Å²) in [6.45, 7) is 9.54. The van der Waals surface area contributed by atoms with Gasteiger partial charge in [-0.25, -0.2) is 4.79 Å². The van der Waals surface area contributed by atoms with Crippen LogP contribution in [0.5, 0.6) is 0 Å².